The molecule has 0 saturated carbocycles. The van der Waals surface area contributed by atoms with Gasteiger partial charge in [0.05, 0.1) is 30.1 Å². The maximum atomic E-state index is 13.2. The van der Waals surface area contributed by atoms with Crippen molar-refractivity contribution in [3.8, 4) is 0 Å². The Morgan fingerprint density at radius 3 is 2.49 bits per heavy atom. The maximum absolute atomic E-state index is 13.2. The molecule has 3 aromatic rings. The minimum Gasteiger partial charge on any atom is -0.370 e. The van der Waals surface area contributed by atoms with E-state index in [1.165, 1.54) is 12.3 Å². The summed E-state index contributed by atoms with van der Waals surface area (Å²) in [7, 11) is 1.82. The van der Waals surface area contributed by atoms with Crippen LogP contribution in [0.4, 0.5) is 30.6 Å². The third-order valence-electron chi connectivity index (χ3n) is 6.70. The Hall–Kier alpha value is -3.74. The van der Waals surface area contributed by atoms with Crippen molar-refractivity contribution in [2.75, 3.05) is 22.6 Å². The summed E-state index contributed by atoms with van der Waals surface area (Å²) in [6.07, 6.45) is -0.274. The van der Waals surface area contributed by atoms with Gasteiger partial charge in [0, 0.05) is 31.5 Å². The Morgan fingerprint density at radius 2 is 1.87 bits per heavy atom. The number of hydrogen-bond acceptors (Lipinski definition) is 8. The highest BCUT2D eigenvalue weighted by molar-refractivity contribution is 6.06. The number of aromatic nitrogens is 5. The fourth-order valence-corrected chi connectivity index (χ4v) is 4.38. The Labute approximate surface area is 225 Å². The minimum atomic E-state index is -4.47. The van der Waals surface area contributed by atoms with Crippen LogP contribution in [0.5, 0.6) is 0 Å². The van der Waals surface area contributed by atoms with E-state index >= 15 is 0 Å². The van der Waals surface area contributed by atoms with Crippen molar-refractivity contribution in [2.45, 2.75) is 78.1 Å². The molecule has 1 aliphatic heterocycles. The molecule has 1 amide bonds. The molecule has 39 heavy (non-hydrogen) atoms. The van der Waals surface area contributed by atoms with Gasteiger partial charge in [-0.1, -0.05) is 6.07 Å². The monoisotopic (exact) mass is 546 g/mol. The highest BCUT2D eigenvalue weighted by Crippen LogP contribution is 2.39. The summed E-state index contributed by atoms with van der Waals surface area (Å²) in [5.41, 5.74) is 0.201. The molecule has 0 aromatic carbocycles. The lowest BCUT2D eigenvalue weighted by molar-refractivity contribution is -0.141. The van der Waals surface area contributed by atoms with Gasteiger partial charge in [-0.15, -0.1) is 0 Å². The topological polar surface area (TPSA) is 110 Å². The highest BCUT2D eigenvalue weighted by Gasteiger charge is 2.49. The van der Waals surface area contributed by atoms with Crippen molar-refractivity contribution in [3.63, 3.8) is 0 Å². The first-order chi connectivity index (χ1) is 18.1. The van der Waals surface area contributed by atoms with E-state index in [9.17, 15) is 18.0 Å². The van der Waals surface area contributed by atoms with E-state index in [1.807, 2.05) is 46.6 Å². The molecule has 210 valence electrons. The lowest BCUT2D eigenvalue weighted by atomic mass is 9.89. The van der Waals surface area contributed by atoms with Crippen molar-refractivity contribution in [3.05, 3.63) is 53.2 Å². The average molecular weight is 547 g/mol. The molecule has 10 nitrogen and oxygen atoms in total. The molecule has 4 rings (SSSR count). The van der Waals surface area contributed by atoms with Gasteiger partial charge in [-0.2, -0.15) is 23.3 Å². The maximum Gasteiger partial charge on any atom is 0.433 e. The van der Waals surface area contributed by atoms with Crippen LogP contribution in [0.3, 0.4) is 0 Å². The number of aryl methyl sites for hydroxylation is 1. The molecular weight excluding hydrogens is 513 g/mol. The number of anilines is 3. The van der Waals surface area contributed by atoms with Crippen LogP contribution in [0.1, 0.15) is 57.1 Å². The van der Waals surface area contributed by atoms with E-state index in [0.29, 0.717) is 35.3 Å². The van der Waals surface area contributed by atoms with Crippen LogP contribution in [-0.2, 0) is 28.8 Å². The number of halogens is 3. The standard InChI is InChI=1S/C26H33F3N8O2/c1-15-20-21(36(7)25(6,22(38)34-20)16(2)39-24(3,4)5)35-23(33-15)31-11-18-12-32-37(14-18)13-17-8-9-19(30-10-17)26(27,28)29/h8-10,12,14,16H,11,13H2,1-7H3,(H,34,38)(H,31,33,35)/t16-,25+/m0/s1. The number of alkyl halides is 3. The number of likely N-dealkylation sites (N-methyl/N-ethyl adjacent to an activating group) is 1. The first-order valence-corrected chi connectivity index (χ1v) is 12.5. The summed E-state index contributed by atoms with van der Waals surface area (Å²) < 4.78 is 46.0. The molecule has 0 bridgehead atoms. The van der Waals surface area contributed by atoms with Gasteiger partial charge in [0.1, 0.15) is 16.9 Å². The third-order valence-corrected chi connectivity index (χ3v) is 6.70. The van der Waals surface area contributed by atoms with Crippen molar-refractivity contribution >= 4 is 23.4 Å². The van der Waals surface area contributed by atoms with Crippen molar-refractivity contribution < 1.29 is 22.7 Å². The van der Waals surface area contributed by atoms with Crippen molar-refractivity contribution in [2.24, 2.45) is 0 Å². The predicted molar refractivity (Wildman–Crippen MR) is 140 cm³/mol. The average Bonchev–Trinajstić information content (AvgIpc) is 3.28. The predicted octanol–water partition coefficient (Wildman–Crippen LogP) is 4.41. The number of fused-ring (bicyclic) bond motifs is 1. The fourth-order valence-electron chi connectivity index (χ4n) is 4.38. The lowest BCUT2D eigenvalue weighted by Crippen LogP contribution is -2.64. The van der Waals surface area contributed by atoms with E-state index < -0.39 is 29.1 Å². The number of carbonyl (C=O) groups is 1. The van der Waals surface area contributed by atoms with Crippen LogP contribution in [0.15, 0.2) is 30.7 Å². The van der Waals surface area contributed by atoms with Crippen LogP contribution in [0.25, 0.3) is 0 Å². The highest BCUT2D eigenvalue weighted by atomic mass is 19.4. The van der Waals surface area contributed by atoms with Gasteiger partial charge >= 0.3 is 6.18 Å². The van der Waals surface area contributed by atoms with E-state index in [1.54, 1.807) is 24.0 Å². The third kappa shape index (κ3) is 5.97. The number of ether oxygens (including phenoxy) is 1. The number of nitrogens with zero attached hydrogens (tertiary/aromatic N) is 6. The van der Waals surface area contributed by atoms with Gasteiger partial charge in [0.2, 0.25) is 5.95 Å². The molecule has 0 radical (unpaired) electrons. The molecule has 0 unspecified atom stereocenters. The van der Waals surface area contributed by atoms with Crippen LogP contribution in [0.2, 0.25) is 0 Å². The smallest absolute Gasteiger partial charge is 0.370 e. The summed E-state index contributed by atoms with van der Waals surface area (Å²) in [5, 5.41) is 10.4. The molecule has 2 atom stereocenters. The molecule has 0 spiro atoms. The summed E-state index contributed by atoms with van der Waals surface area (Å²) in [6, 6.07) is 2.34. The Morgan fingerprint density at radius 1 is 1.15 bits per heavy atom. The lowest BCUT2D eigenvalue weighted by Gasteiger charge is -2.47. The molecular formula is C26H33F3N8O2. The second-order valence-electron chi connectivity index (χ2n) is 10.8. The number of hydrogen-bond donors (Lipinski definition) is 2. The van der Waals surface area contributed by atoms with Gasteiger partial charge in [0.25, 0.3) is 5.91 Å². The van der Waals surface area contributed by atoms with E-state index in [4.69, 9.17) is 4.74 Å². The number of pyridine rings is 1. The fraction of sp³-hybridized carbons (Fsp3) is 0.500. The van der Waals surface area contributed by atoms with E-state index in [-0.39, 0.29) is 12.5 Å². The normalized spacial score (nSPS) is 18.5. The van der Waals surface area contributed by atoms with E-state index in [0.717, 1.165) is 11.6 Å². The Kier molecular flexibility index (Phi) is 7.32. The minimum absolute atomic E-state index is 0.197. The van der Waals surface area contributed by atoms with Gasteiger partial charge in [-0.05, 0) is 53.2 Å². The largest absolute Gasteiger partial charge is 0.433 e. The van der Waals surface area contributed by atoms with Crippen molar-refractivity contribution in [1.82, 2.24) is 24.7 Å². The summed E-state index contributed by atoms with van der Waals surface area (Å²) in [6.45, 7) is 12.0. The first kappa shape index (κ1) is 28.3. The van der Waals surface area contributed by atoms with Crippen LogP contribution in [0, 0.1) is 6.92 Å². The zero-order valence-corrected chi connectivity index (χ0v) is 23.0. The van der Waals surface area contributed by atoms with E-state index in [2.05, 4.69) is 30.7 Å². The van der Waals surface area contributed by atoms with Crippen LogP contribution in [-0.4, -0.2) is 54.9 Å². The molecule has 2 N–H and O–H groups in total. The number of nitrogens with one attached hydrogen (secondary N) is 2. The molecule has 1 aliphatic rings. The van der Waals surface area contributed by atoms with Crippen LogP contribution < -0.4 is 15.5 Å². The molecule has 0 saturated heterocycles. The second-order valence-corrected chi connectivity index (χ2v) is 10.8. The number of carbonyl (C=O) groups excluding carboxylic acids is 1. The van der Waals surface area contributed by atoms with Crippen molar-refractivity contribution in [1.29, 1.82) is 0 Å². The summed E-state index contributed by atoms with van der Waals surface area (Å²) in [5.74, 6) is 0.750. The number of amides is 1. The SMILES string of the molecule is Cc1nc(NCc2cnn(Cc3ccc(C(F)(F)F)nc3)c2)nc2c1NC(=O)[C@@](C)([C@H](C)OC(C)(C)C)N2C. The first-order valence-electron chi connectivity index (χ1n) is 12.5. The molecule has 13 heteroatoms. The summed E-state index contributed by atoms with van der Waals surface area (Å²) >= 11 is 0. The zero-order chi connectivity index (χ0) is 28.8. The van der Waals surface area contributed by atoms with Crippen LogP contribution >= 0.6 is 0 Å². The number of rotatable bonds is 7. The Balaban J connectivity index is 1.47. The Bertz CT molecular complexity index is 1350. The van der Waals surface area contributed by atoms with Gasteiger partial charge in [-0.25, -0.2) is 4.98 Å². The zero-order valence-electron chi connectivity index (χ0n) is 23.0. The second kappa shape index (κ2) is 10.1. The quantitative estimate of drug-likeness (QED) is 0.449. The van der Waals surface area contributed by atoms with Gasteiger partial charge < -0.3 is 20.3 Å². The molecule has 0 fully saturated rings. The summed E-state index contributed by atoms with van der Waals surface area (Å²) in [4.78, 5) is 27.7. The van der Waals surface area contributed by atoms with Gasteiger partial charge in [0.15, 0.2) is 5.82 Å². The molecule has 0 aliphatic carbocycles. The molecule has 4 heterocycles. The molecule has 3 aromatic heterocycles. The van der Waals surface area contributed by atoms with Gasteiger partial charge in [-0.3, -0.25) is 14.5 Å².